The van der Waals surface area contributed by atoms with Crippen molar-refractivity contribution in [3.05, 3.63) is 41.2 Å². The van der Waals surface area contributed by atoms with Crippen molar-refractivity contribution in [1.82, 2.24) is 24.9 Å². The molecule has 4 aromatic heterocycles. The second-order valence-corrected chi connectivity index (χ2v) is 8.52. The fraction of sp³-hybridized carbons (Fsp3) is 0.278. The van der Waals surface area contributed by atoms with Crippen LogP contribution in [0.5, 0.6) is 0 Å². The van der Waals surface area contributed by atoms with Crippen molar-refractivity contribution in [2.75, 3.05) is 29.0 Å². The van der Waals surface area contributed by atoms with Crippen molar-refractivity contribution in [2.24, 2.45) is 0 Å². The van der Waals surface area contributed by atoms with E-state index < -0.39 is 0 Å². The Morgan fingerprint density at radius 1 is 1.18 bits per heavy atom. The Morgan fingerprint density at radius 3 is 3.00 bits per heavy atom. The van der Waals surface area contributed by atoms with Crippen LogP contribution in [0.2, 0.25) is 0 Å². The fourth-order valence-electron chi connectivity index (χ4n) is 3.42. The van der Waals surface area contributed by atoms with E-state index in [1.54, 1.807) is 34.9 Å². The maximum atomic E-state index is 5.75. The summed E-state index contributed by atoms with van der Waals surface area (Å²) in [6.07, 6.45) is 7.40. The summed E-state index contributed by atoms with van der Waals surface area (Å²) in [5, 5.41) is 7.53. The SMILES string of the molecule is Nc1cc(Nc2nccc3nc(N4CCC[C@H](c5nccs5)C4)sc23)ncn1. The minimum atomic E-state index is 0.413. The molecule has 0 spiro atoms. The lowest BCUT2D eigenvalue weighted by Gasteiger charge is -2.31. The van der Waals surface area contributed by atoms with E-state index in [0.717, 1.165) is 40.7 Å². The van der Waals surface area contributed by atoms with E-state index in [1.165, 1.54) is 17.8 Å². The van der Waals surface area contributed by atoms with Crippen molar-refractivity contribution in [3.8, 4) is 0 Å². The molecule has 142 valence electrons. The number of hydrogen-bond acceptors (Lipinski definition) is 10. The highest BCUT2D eigenvalue weighted by atomic mass is 32.1. The molecule has 8 nitrogen and oxygen atoms in total. The largest absolute Gasteiger partial charge is 0.384 e. The van der Waals surface area contributed by atoms with Gasteiger partial charge in [0.1, 0.15) is 18.0 Å². The zero-order valence-corrected chi connectivity index (χ0v) is 16.6. The normalized spacial score (nSPS) is 17.1. The third kappa shape index (κ3) is 3.36. The van der Waals surface area contributed by atoms with E-state index in [1.807, 2.05) is 12.3 Å². The first kappa shape index (κ1) is 17.3. The number of nitrogens with one attached hydrogen (secondary N) is 1. The van der Waals surface area contributed by atoms with Gasteiger partial charge in [-0.3, -0.25) is 0 Å². The molecule has 1 aliphatic heterocycles. The van der Waals surface area contributed by atoms with Crippen LogP contribution in [0.1, 0.15) is 23.8 Å². The standard InChI is InChI=1S/C18H18N8S2/c19-13-8-14(23-10-22-13)25-16-15-12(3-4-20-16)24-18(28-15)26-6-1-2-11(9-26)17-21-5-7-27-17/h3-5,7-8,10-11H,1-2,6,9H2,(H3,19,20,22,23,25)/t11-/m0/s1. The van der Waals surface area contributed by atoms with Crippen LogP contribution in [0.4, 0.5) is 22.6 Å². The van der Waals surface area contributed by atoms with Crippen molar-refractivity contribution in [1.29, 1.82) is 0 Å². The predicted octanol–water partition coefficient (Wildman–Crippen LogP) is 3.65. The molecule has 0 bridgehead atoms. The van der Waals surface area contributed by atoms with Crippen LogP contribution in [0.15, 0.2) is 36.2 Å². The molecular weight excluding hydrogens is 392 g/mol. The Hall–Kier alpha value is -2.85. The molecule has 5 rings (SSSR count). The minimum Gasteiger partial charge on any atom is -0.384 e. The van der Waals surface area contributed by atoms with Gasteiger partial charge in [0.05, 0.1) is 15.2 Å². The third-order valence-electron chi connectivity index (χ3n) is 4.72. The van der Waals surface area contributed by atoms with Crippen LogP contribution in [0, 0.1) is 0 Å². The van der Waals surface area contributed by atoms with Crippen LogP contribution in [-0.4, -0.2) is 38.0 Å². The third-order valence-corrected chi connectivity index (χ3v) is 6.80. The molecule has 0 aromatic carbocycles. The van der Waals surface area contributed by atoms with Crippen LogP contribution in [0.25, 0.3) is 10.2 Å². The van der Waals surface area contributed by atoms with Crippen molar-refractivity contribution >= 4 is 55.5 Å². The van der Waals surface area contributed by atoms with Crippen LogP contribution >= 0.6 is 22.7 Å². The van der Waals surface area contributed by atoms with Gasteiger partial charge in [0.25, 0.3) is 0 Å². The number of aromatic nitrogens is 5. The Labute approximate surface area is 169 Å². The summed E-state index contributed by atoms with van der Waals surface area (Å²) in [5.41, 5.74) is 6.67. The van der Waals surface area contributed by atoms with E-state index in [2.05, 4.69) is 35.5 Å². The first-order valence-electron chi connectivity index (χ1n) is 9.01. The second-order valence-electron chi connectivity index (χ2n) is 6.61. The van der Waals surface area contributed by atoms with Crippen LogP contribution < -0.4 is 16.0 Å². The highest BCUT2D eigenvalue weighted by Gasteiger charge is 2.25. The highest BCUT2D eigenvalue weighted by Crippen LogP contribution is 2.37. The van der Waals surface area contributed by atoms with Crippen LogP contribution in [0.3, 0.4) is 0 Å². The summed E-state index contributed by atoms with van der Waals surface area (Å²) in [4.78, 5) is 24.3. The van der Waals surface area contributed by atoms with Gasteiger partial charge < -0.3 is 16.0 Å². The van der Waals surface area contributed by atoms with E-state index >= 15 is 0 Å². The zero-order valence-electron chi connectivity index (χ0n) is 14.9. The summed E-state index contributed by atoms with van der Waals surface area (Å²) >= 11 is 3.39. The molecule has 5 heterocycles. The second kappa shape index (κ2) is 7.28. The smallest absolute Gasteiger partial charge is 0.186 e. The van der Waals surface area contributed by atoms with Crippen LogP contribution in [-0.2, 0) is 0 Å². The molecule has 0 radical (unpaired) electrons. The minimum absolute atomic E-state index is 0.413. The van der Waals surface area contributed by atoms with Gasteiger partial charge in [-0.15, -0.1) is 11.3 Å². The summed E-state index contributed by atoms with van der Waals surface area (Å²) in [5.74, 6) is 2.23. The van der Waals surface area contributed by atoms with Gasteiger partial charge in [0.2, 0.25) is 0 Å². The Bertz CT molecular complexity index is 1090. The van der Waals surface area contributed by atoms with Crippen molar-refractivity contribution in [3.63, 3.8) is 0 Å². The number of hydrogen-bond donors (Lipinski definition) is 2. The molecule has 1 aliphatic rings. The molecule has 1 saturated heterocycles. The first-order valence-corrected chi connectivity index (χ1v) is 10.7. The molecule has 0 unspecified atom stereocenters. The molecular formula is C18H18N8S2. The maximum Gasteiger partial charge on any atom is 0.186 e. The van der Waals surface area contributed by atoms with Gasteiger partial charge in [-0.05, 0) is 18.9 Å². The molecule has 0 aliphatic carbocycles. The Kier molecular flexibility index (Phi) is 4.49. The molecule has 1 fully saturated rings. The average molecular weight is 411 g/mol. The lowest BCUT2D eigenvalue weighted by atomic mass is 9.99. The number of thiazole rings is 2. The molecule has 3 N–H and O–H groups in total. The van der Waals surface area contributed by atoms with Gasteiger partial charge in [-0.1, -0.05) is 11.3 Å². The topological polar surface area (TPSA) is 106 Å². The maximum absolute atomic E-state index is 5.75. The summed E-state index contributed by atoms with van der Waals surface area (Å²) in [6.45, 7) is 1.96. The molecule has 28 heavy (non-hydrogen) atoms. The quantitative estimate of drug-likeness (QED) is 0.525. The molecule has 1 atom stereocenters. The van der Waals surface area contributed by atoms with Gasteiger partial charge >= 0.3 is 0 Å². The molecule has 0 amide bonds. The highest BCUT2D eigenvalue weighted by molar-refractivity contribution is 7.22. The number of pyridine rings is 1. The van der Waals surface area contributed by atoms with Crippen molar-refractivity contribution < 1.29 is 0 Å². The number of nitrogens with zero attached hydrogens (tertiary/aromatic N) is 6. The van der Waals surface area contributed by atoms with E-state index in [9.17, 15) is 0 Å². The predicted molar refractivity (Wildman–Crippen MR) is 113 cm³/mol. The fourth-order valence-corrected chi connectivity index (χ4v) is 5.23. The van der Waals surface area contributed by atoms with E-state index in [-0.39, 0.29) is 0 Å². The van der Waals surface area contributed by atoms with E-state index in [4.69, 9.17) is 10.7 Å². The summed E-state index contributed by atoms with van der Waals surface area (Å²) < 4.78 is 1.01. The average Bonchev–Trinajstić information content (AvgIpc) is 3.39. The number of piperidine rings is 1. The van der Waals surface area contributed by atoms with E-state index in [0.29, 0.717) is 17.6 Å². The molecule has 4 aromatic rings. The zero-order chi connectivity index (χ0) is 18.9. The van der Waals surface area contributed by atoms with Crippen molar-refractivity contribution in [2.45, 2.75) is 18.8 Å². The van der Waals surface area contributed by atoms with Gasteiger partial charge in [-0.2, -0.15) is 0 Å². The van der Waals surface area contributed by atoms with Gasteiger partial charge in [-0.25, -0.2) is 24.9 Å². The molecule has 10 heteroatoms. The number of anilines is 4. The van der Waals surface area contributed by atoms with Gasteiger partial charge in [0.15, 0.2) is 10.9 Å². The Balaban J connectivity index is 1.43. The summed E-state index contributed by atoms with van der Waals surface area (Å²) in [6, 6.07) is 3.63. The number of fused-ring (bicyclic) bond motifs is 1. The number of nitrogens with two attached hydrogens (primary N) is 1. The number of rotatable bonds is 4. The Morgan fingerprint density at radius 2 is 2.14 bits per heavy atom. The monoisotopic (exact) mass is 410 g/mol. The first-order chi connectivity index (χ1) is 13.8. The van der Waals surface area contributed by atoms with Gasteiger partial charge in [0, 0.05) is 42.8 Å². The molecule has 0 saturated carbocycles. The lowest BCUT2D eigenvalue weighted by Crippen LogP contribution is -2.34. The lowest BCUT2D eigenvalue weighted by molar-refractivity contribution is 0.508. The summed E-state index contributed by atoms with van der Waals surface area (Å²) in [7, 11) is 0. The number of nitrogen functional groups attached to an aromatic ring is 1.